The number of nitrogen functional groups attached to an aromatic ring is 1. The van der Waals surface area contributed by atoms with Gasteiger partial charge in [-0.15, -0.1) is 0 Å². The molecule has 0 saturated heterocycles. The van der Waals surface area contributed by atoms with Crippen molar-refractivity contribution < 1.29 is 0 Å². The predicted molar refractivity (Wildman–Crippen MR) is 57.2 cm³/mol. The van der Waals surface area contributed by atoms with Gasteiger partial charge in [0, 0.05) is 11.8 Å². The molecule has 5 nitrogen and oxygen atoms in total. The van der Waals surface area contributed by atoms with Gasteiger partial charge in [-0.3, -0.25) is 5.10 Å². The first-order chi connectivity index (χ1) is 6.75. The minimum atomic E-state index is 0.180. The molecule has 4 N–H and O–H groups in total. The zero-order valence-corrected chi connectivity index (χ0v) is 8.51. The molecule has 1 unspecified atom stereocenters. The van der Waals surface area contributed by atoms with Crippen molar-refractivity contribution in [3.8, 4) is 0 Å². The average Bonchev–Trinajstić information content (AvgIpc) is 2.75. The van der Waals surface area contributed by atoms with Crippen molar-refractivity contribution in [3.05, 3.63) is 24.2 Å². The fourth-order valence-corrected chi connectivity index (χ4v) is 1.79. The van der Waals surface area contributed by atoms with Crippen molar-refractivity contribution in [1.29, 1.82) is 0 Å². The van der Waals surface area contributed by atoms with E-state index < -0.39 is 0 Å². The predicted octanol–water partition coefficient (Wildman–Crippen LogP) is 1.62. The molecule has 0 spiro atoms. The fourth-order valence-electron chi connectivity index (χ4n) is 1.12. The van der Waals surface area contributed by atoms with Crippen molar-refractivity contribution in [2.75, 3.05) is 11.1 Å². The SMILES string of the molecule is CC(Nc1ncc(N)s1)c1cn[nH]c1. The first kappa shape index (κ1) is 9.01. The second-order valence-corrected chi connectivity index (χ2v) is 4.03. The Balaban J connectivity index is 2.05. The van der Waals surface area contributed by atoms with Crippen molar-refractivity contribution in [1.82, 2.24) is 15.2 Å². The molecule has 2 heterocycles. The third kappa shape index (κ3) is 1.85. The standard InChI is InChI=1S/C8H11N5S/c1-5(6-2-11-12-3-6)13-8-10-4-7(9)14-8/h2-5H,9H2,1H3,(H,10,13)(H,11,12). The Morgan fingerprint density at radius 1 is 1.57 bits per heavy atom. The second-order valence-electron chi connectivity index (χ2n) is 2.97. The molecule has 0 saturated carbocycles. The van der Waals surface area contributed by atoms with Gasteiger partial charge in [0.2, 0.25) is 0 Å². The third-order valence-corrected chi connectivity index (χ3v) is 2.64. The van der Waals surface area contributed by atoms with Crippen LogP contribution in [0, 0.1) is 0 Å². The average molecular weight is 209 g/mol. The van der Waals surface area contributed by atoms with Crippen molar-refractivity contribution >= 4 is 21.5 Å². The van der Waals surface area contributed by atoms with E-state index in [4.69, 9.17) is 5.73 Å². The van der Waals surface area contributed by atoms with Crippen LogP contribution >= 0.6 is 11.3 Å². The van der Waals surface area contributed by atoms with E-state index in [0.717, 1.165) is 10.7 Å². The molecule has 0 aromatic carbocycles. The molecular weight excluding hydrogens is 198 g/mol. The molecule has 0 aliphatic carbocycles. The summed E-state index contributed by atoms with van der Waals surface area (Å²) >= 11 is 1.44. The molecule has 0 aliphatic heterocycles. The van der Waals surface area contributed by atoms with Gasteiger partial charge in [-0.05, 0) is 6.92 Å². The zero-order valence-electron chi connectivity index (χ0n) is 7.69. The van der Waals surface area contributed by atoms with E-state index in [1.165, 1.54) is 11.3 Å². The van der Waals surface area contributed by atoms with Gasteiger partial charge in [-0.25, -0.2) is 4.98 Å². The topological polar surface area (TPSA) is 79.6 Å². The highest BCUT2D eigenvalue weighted by molar-refractivity contribution is 7.19. The lowest BCUT2D eigenvalue weighted by molar-refractivity contribution is 0.883. The smallest absolute Gasteiger partial charge is 0.185 e. The molecule has 0 bridgehead atoms. The van der Waals surface area contributed by atoms with Crippen LogP contribution in [0.15, 0.2) is 18.6 Å². The summed E-state index contributed by atoms with van der Waals surface area (Å²) < 4.78 is 0. The van der Waals surface area contributed by atoms with Crippen molar-refractivity contribution in [2.24, 2.45) is 0 Å². The van der Waals surface area contributed by atoms with Gasteiger partial charge in [0.25, 0.3) is 0 Å². The van der Waals surface area contributed by atoms with Crippen LogP contribution in [0.2, 0.25) is 0 Å². The summed E-state index contributed by atoms with van der Waals surface area (Å²) in [7, 11) is 0. The summed E-state index contributed by atoms with van der Waals surface area (Å²) in [4.78, 5) is 4.12. The summed E-state index contributed by atoms with van der Waals surface area (Å²) in [6.45, 7) is 2.04. The maximum atomic E-state index is 5.57. The number of thiazole rings is 1. The fraction of sp³-hybridized carbons (Fsp3) is 0.250. The molecule has 0 amide bonds. The van der Waals surface area contributed by atoms with E-state index in [1.807, 2.05) is 13.1 Å². The Morgan fingerprint density at radius 3 is 3.00 bits per heavy atom. The first-order valence-electron chi connectivity index (χ1n) is 4.22. The van der Waals surface area contributed by atoms with E-state index in [1.54, 1.807) is 12.4 Å². The summed E-state index contributed by atoms with van der Waals surface area (Å²) in [5.74, 6) is 0. The maximum absolute atomic E-state index is 5.57. The van der Waals surface area contributed by atoms with Crippen LogP contribution in [-0.4, -0.2) is 15.2 Å². The van der Waals surface area contributed by atoms with Gasteiger partial charge in [-0.1, -0.05) is 11.3 Å². The lowest BCUT2D eigenvalue weighted by Crippen LogP contribution is -2.04. The largest absolute Gasteiger partial charge is 0.389 e. The van der Waals surface area contributed by atoms with E-state index in [-0.39, 0.29) is 6.04 Å². The van der Waals surface area contributed by atoms with Crippen LogP contribution < -0.4 is 11.1 Å². The Bertz CT molecular complexity index is 394. The first-order valence-corrected chi connectivity index (χ1v) is 5.04. The van der Waals surface area contributed by atoms with Gasteiger partial charge in [0.1, 0.15) is 5.00 Å². The number of hydrogen-bond acceptors (Lipinski definition) is 5. The molecule has 1 atom stereocenters. The minimum Gasteiger partial charge on any atom is -0.389 e. The molecule has 2 rings (SSSR count). The molecule has 2 aromatic heterocycles. The van der Waals surface area contributed by atoms with E-state index in [0.29, 0.717) is 5.00 Å². The maximum Gasteiger partial charge on any atom is 0.185 e. The minimum absolute atomic E-state index is 0.180. The van der Waals surface area contributed by atoms with E-state index >= 15 is 0 Å². The number of H-pyrrole nitrogens is 1. The van der Waals surface area contributed by atoms with E-state index in [9.17, 15) is 0 Å². The highest BCUT2D eigenvalue weighted by Crippen LogP contribution is 2.24. The summed E-state index contributed by atoms with van der Waals surface area (Å²) in [6, 6.07) is 0.180. The summed E-state index contributed by atoms with van der Waals surface area (Å²) in [5, 5.41) is 11.4. The number of aromatic amines is 1. The molecule has 2 aromatic rings. The number of nitrogens with two attached hydrogens (primary N) is 1. The van der Waals surface area contributed by atoms with Crippen LogP contribution in [0.25, 0.3) is 0 Å². The van der Waals surface area contributed by atoms with Crippen molar-refractivity contribution in [3.63, 3.8) is 0 Å². The highest BCUT2D eigenvalue weighted by atomic mass is 32.1. The molecule has 74 valence electrons. The van der Waals surface area contributed by atoms with Gasteiger partial charge in [0.05, 0.1) is 18.4 Å². The Kier molecular flexibility index (Phi) is 2.36. The van der Waals surface area contributed by atoms with Crippen LogP contribution in [0.3, 0.4) is 0 Å². The van der Waals surface area contributed by atoms with Gasteiger partial charge < -0.3 is 11.1 Å². The normalized spacial score (nSPS) is 12.6. The van der Waals surface area contributed by atoms with Gasteiger partial charge in [-0.2, -0.15) is 5.10 Å². The highest BCUT2D eigenvalue weighted by Gasteiger charge is 2.07. The molecule has 0 radical (unpaired) electrons. The third-order valence-electron chi connectivity index (χ3n) is 1.88. The number of rotatable bonds is 3. The molecular formula is C8H11N5S. The Labute approximate surface area is 85.4 Å². The number of nitrogens with one attached hydrogen (secondary N) is 2. The van der Waals surface area contributed by atoms with Crippen LogP contribution in [0.4, 0.5) is 10.1 Å². The van der Waals surface area contributed by atoms with E-state index in [2.05, 4.69) is 20.5 Å². The van der Waals surface area contributed by atoms with Gasteiger partial charge >= 0.3 is 0 Å². The summed E-state index contributed by atoms with van der Waals surface area (Å²) in [5.41, 5.74) is 6.67. The van der Waals surface area contributed by atoms with Crippen LogP contribution in [0.1, 0.15) is 18.5 Å². The zero-order chi connectivity index (χ0) is 9.97. The molecule has 0 aliphatic rings. The number of hydrogen-bond donors (Lipinski definition) is 3. The monoisotopic (exact) mass is 209 g/mol. The van der Waals surface area contributed by atoms with Gasteiger partial charge in [0.15, 0.2) is 5.13 Å². The second kappa shape index (κ2) is 3.67. The van der Waals surface area contributed by atoms with Crippen LogP contribution in [0.5, 0.6) is 0 Å². The molecule has 6 heteroatoms. The molecule has 0 fully saturated rings. The van der Waals surface area contributed by atoms with Crippen LogP contribution in [-0.2, 0) is 0 Å². The summed E-state index contributed by atoms with van der Waals surface area (Å²) in [6.07, 6.45) is 5.29. The quantitative estimate of drug-likeness (QED) is 0.717. The Hall–Kier alpha value is -1.56. The number of aromatic nitrogens is 3. The van der Waals surface area contributed by atoms with Crippen molar-refractivity contribution in [2.45, 2.75) is 13.0 Å². The Morgan fingerprint density at radius 2 is 2.43 bits per heavy atom. The lowest BCUT2D eigenvalue weighted by atomic mass is 10.2. The molecule has 14 heavy (non-hydrogen) atoms. The number of nitrogens with zero attached hydrogens (tertiary/aromatic N) is 2. The number of anilines is 2. The lowest BCUT2D eigenvalue weighted by Gasteiger charge is -2.09.